The van der Waals surface area contributed by atoms with E-state index in [1.165, 1.54) is 0 Å². The van der Waals surface area contributed by atoms with Crippen molar-refractivity contribution in [3.8, 4) is 0 Å². The molecule has 0 spiro atoms. The molecule has 0 radical (unpaired) electrons. The highest BCUT2D eigenvalue weighted by Gasteiger charge is 2.29. The molecule has 2 N–H and O–H groups in total. The fourth-order valence-corrected chi connectivity index (χ4v) is 1.75. The number of carbonyl (C=O) groups is 1. The van der Waals surface area contributed by atoms with Gasteiger partial charge in [-0.25, -0.2) is 4.68 Å². The highest BCUT2D eigenvalue weighted by Crippen LogP contribution is 2.19. The lowest BCUT2D eigenvalue weighted by atomic mass is 10.4. The van der Waals surface area contributed by atoms with Gasteiger partial charge in [0.2, 0.25) is 5.91 Å². The lowest BCUT2D eigenvalue weighted by Crippen LogP contribution is -2.32. The standard InChI is InChI=1S/C10H12BrF3N4O2/c1-2-15-7(19)4-16-6-3-17-18(5-10(12,13)14)9(20)8(6)11/h3,16H,2,4-5H2,1H3,(H,15,19). The fraction of sp³-hybridized carbons (Fsp3) is 0.500. The Bertz CT molecular complexity index is 544. The summed E-state index contributed by atoms with van der Waals surface area (Å²) in [6, 6.07) is 0. The summed E-state index contributed by atoms with van der Waals surface area (Å²) >= 11 is 2.89. The van der Waals surface area contributed by atoms with Crippen LogP contribution in [0.4, 0.5) is 18.9 Å². The minimum atomic E-state index is -4.54. The molecule has 0 atom stereocenters. The third kappa shape index (κ3) is 4.83. The molecular formula is C10H12BrF3N4O2. The number of nitrogens with zero attached hydrogens (tertiary/aromatic N) is 2. The number of alkyl halides is 3. The smallest absolute Gasteiger partial charge is 0.374 e. The van der Waals surface area contributed by atoms with Crippen LogP contribution in [0.15, 0.2) is 15.5 Å². The molecule has 1 rings (SSSR count). The number of hydrogen-bond donors (Lipinski definition) is 2. The molecule has 20 heavy (non-hydrogen) atoms. The van der Waals surface area contributed by atoms with E-state index in [-0.39, 0.29) is 22.6 Å². The molecule has 0 unspecified atom stereocenters. The fourth-order valence-electron chi connectivity index (χ4n) is 1.31. The van der Waals surface area contributed by atoms with Crippen LogP contribution in [-0.4, -0.2) is 35.0 Å². The molecule has 112 valence electrons. The van der Waals surface area contributed by atoms with E-state index < -0.39 is 18.3 Å². The number of anilines is 1. The molecule has 0 saturated heterocycles. The average molecular weight is 357 g/mol. The maximum atomic E-state index is 12.2. The molecule has 0 bridgehead atoms. The predicted molar refractivity (Wildman–Crippen MR) is 69.4 cm³/mol. The van der Waals surface area contributed by atoms with Gasteiger partial charge in [-0.05, 0) is 22.9 Å². The molecule has 0 aliphatic carbocycles. The van der Waals surface area contributed by atoms with Gasteiger partial charge in [0.15, 0.2) is 0 Å². The molecular weight excluding hydrogens is 345 g/mol. The van der Waals surface area contributed by atoms with Crippen molar-refractivity contribution in [1.29, 1.82) is 0 Å². The first-order valence-electron chi connectivity index (χ1n) is 5.57. The van der Waals surface area contributed by atoms with Crippen molar-refractivity contribution in [3.05, 3.63) is 21.0 Å². The van der Waals surface area contributed by atoms with Gasteiger partial charge in [-0.3, -0.25) is 9.59 Å². The third-order valence-electron chi connectivity index (χ3n) is 2.13. The zero-order chi connectivity index (χ0) is 15.3. The Morgan fingerprint density at radius 1 is 1.50 bits per heavy atom. The third-order valence-corrected chi connectivity index (χ3v) is 2.89. The first kappa shape index (κ1) is 16.5. The zero-order valence-corrected chi connectivity index (χ0v) is 12.0. The number of likely N-dealkylation sites (N-methyl/N-ethyl adjacent to an activating group) is 1. The maximum Gasteiger partial charge on any atom is 0.408 e. The Labute approximate surface area is 120 Å². The second kappa shape index (κ2) is 6.73. The van der Waals surface area contributed by atoms with Crippen molar-refractivity contribution in [1.82, 2.24) is 15.1 Å². The van der Waals surface area contributed by atoms with Gasteiger partial charge in [0.25, 0.3) is 5.56 Å². The number of aromatic nitrogens is 2. The summed E-state index contributed by atoms with van der Waals surface area (Å²) in [6.07, 6.45) is -3.48. The molecule has 0 aliphatic heterocycles. The average Bonchev–Trinajstić information content (AvgIpc) is 2.33. The second-order valence-electron chi connectivity index (χ2n) is 3.76. The Kier molecular flexibility index (Phi) is 5.54. The van der Waals surface area contributed by atoms with Crippen LogP contribution >= 0.6 is 15.9 Å². The van der Waals surface area contributed by atoms with Gasteiger partial charge in [-0.2, -0.15) is 18.3 Å². The summed E-state index contributed by atoms with van der Waals surface area (Å²) in [6.45, 7) is 0.610. The SMILES string of the molecule is CCNC(=O)CNc1cnn(CC(F)(F)F)c(=O)c1Br. The summed E-state index contributed by atoms with van der Waals surface area (Å²) in [5.74, 6) is -0.307. The number of hydrogen-bond acceptors (Lipinski definition) is 4. The van der Waals surface area contributed by atoms with Gasteiger partial charge >= 0.3 is 6.18 Å². The molecule has 1 heterocycles. The number of amides is 1. The topological polar surface area (TPSA) is 76.0 Å². The van der Waals surface area contributed by atoms with Gasteiger partial charge in [-0.1, -0.05) is 0 Å². The minimum Gasteiger partial charge on any atom is -0.374 e. The highest BCUT2D eigenvalue weighted by atomic mass is 79.9. The van der Waals surface area contributed by atoms with Crippen LogP contribution < -0.4 is 16.2 Å². The molecule has 0 aromatic carbocycles. The van der Waals surface area contributed by atoms with Crippen LogP contribution in [0.3, 0.4) is 0 Å². The summed E-state index contributed by atoms with van der Waals surface area (Å²) < 4.78 is 36.8. The number of carbonyl (C=O) groups excluding carboxylic acids is 1. The van der Waals surface area contributed by atoms with Crippen LogP contribution in [0, 0.1) is 0 Å². The Balaban J connectivity index is 2.84. The maximum absolute atomic E-state index is 12.2. The Morgan fingerprint density at radius 3 is 2.70 bits per heavy atom. The van der Waals surface area contributed by atoms with E-state index in [4.69, 9.17) is 0 Å². The van der Waals surface area contributed by atoms with Crippen LogP contribution in [0.25, 0.3) is 0 Å². The lowest BCUT2D eigenvalue weighted by Gasteiger charge is -2.11. The monoisotopic (exact) mass is 356 g/mol. The van der Waals surface area contributed by atoms with Gasteiger partial charge in [0.05, 0.1) is 18.4 Å². The summed E-state index contributed by atoms with van der Waals surface area (Å²) in [7, 11) is 0. The molecule has 0 saturated carbocycles. The van der Waals surface area contributed by atoms with E-state index in [0.29, 0.717) is 11.2 Å². The molecule has 1 aromatic rings. The van der Waals surface area contributed by atoms with E-state index in [0.717, 1.165) is 6.20 Å². The Hall–Kier alpha value is -1.58. The molecule has 1 aromatic heterocycles. The van der Waals surface area contributed by atoms with Gasteiger partial charge < -0.3 is 10.6 Å². The van der Waals surface area contributed by atoms with Crippen molar-refractivity contribution >= 4 is 27.5 Å². The highest BCUT2D eigenvalue weighted by molar-refractivity contribution is 9.10. The molecule has 1 amide bonds. The largest absolute Gasteiger partial charge is 0.408 e. The number of halogens is 4. The lowest BCUT2D eigenvalue weighted by molar-refractivity contribution is -0.143. The van der Waals surface area contributed by atoms with Gasteiger partial charge in [-0.15, -0.1) is 0 Å². The normalized spacial score (nSPS) is 11.2. The van der Waals surface area contributed by atoms with Crippen molar-refractivity contribution in [2.24, 2.45) is 0 Å². The first-order valence-corrected chi connectivity index (χ1v) is 6.37. The zero-order valence-electron chi connectivity index (χ0n) is 10.4. The summed E-state index contributed by atoms with van der Waals surface area (Å²) in [5.41, 5.74) is -0.775. The van der Waals surface area contributed by atoms with E-state index in [9.17, 15) is 22.8 Å². The van der Waals surface area contributed by atoms with E-state index in [2.05, 4.69) is 31.7 Å². The number of nitrogens with one attached hydrogen (secondary N) is 2. The molecule has 6 nitrogen and oxygen atoms in total. The number of rotatable bonds is 5. The second-order valence-corrected chi connectivity index (χ2v) is 4.55. The molecule has 0 fully saturated rings. The summed E-state index contributed by atoms with van der Waals surface area (Å²) in [5, 5.41) is 8.54. The van der Waals surface area contributed by atoms with E-state index >= 15 is 0 Å². The van der Waals surface area contributed by atoms with Crippen molar-refractivity contribution in [2.45, 2.75) is 19.6 Å². The van der Waals surface area contributed by atoms with E-state index in [1.54, 1.807) is 6.92 Å². The quantitative estimate of drug-likeness (QED) is 0.828. The van der Waals surface area contributed by atoms with Gasteiger partial charge in [0.1, 0.15) is 11.0 Å². The van der Waals surface area contributed by atoms with Crippen molar-refractivity contribution in [2.75, 3.05) is 18.4 Å². The Morgan fingerprint density at radius 2 is 2.15 bits per heavy atom. The first-order chi connectivity index (χ1) is 9.24. The molecule has 0 aliphatic rings. The van der Waals surface area contributed by atoms with Crippen molar-refractivity contribution in [3.63, 3.8) is 0 Å². The molecule has 10 heteroatoms. The van der Waals surface area contributed by atoms with E-state index in [1.807, 2.05) is 0 Å². The predicted octanol–water partition coefficient (Wildman–Crippen LogP) is 1.12. The van der Waals surface area contributed by atoms with Crippen LogP contribution in [0.1, 0.15) is 6.92 Å². The van der Waals surface area contributed by atoms with Crippen LogP contribution in [-0.2, 0) is 11.3 Å². The summed E-state index contributed by atoms with van der Waals surface area (Å²) in [4.78, 5) is 22.9. The van der Waals surface area contributed by atoms with Gasteiger partial charge in [0, 0.05) is 6.54 Å². The minimum absolute atomic E-state index is 0.110. The van der Waals surface area contributed by atoms with Crippen molar-refractivity contribution < 1.29 is 18.0 Å². The van der Waals surface area contributed by atoms with Crippen LogP contribution in [0.2, 0.25) is 0 Å². The van der Waals surface area contributed by atoms with Crippen LogP contribution in [0.5, 0.6) is 0 Å².